The van der Waals surface area contributed by atoms with E-state index < -0.39 is 0 Å². The minimum absolute atomic E-state index is 0.878. The maximum absolute atomic E-state index is 6.15. The molecule has 4 heteroatoms. The summed E-state index contributed by atoms with van der Waals surface area (Å²) >= 11 is 0. The molecule has 0 aliphatic carbocycles. The molecule has 272 valence electrons. The van der Waals surface area contributed by atoms with Gasteiger partial charge in [-0.25, -0.2) is 9.97 Å². The number of nitrogens with zero attached hydrogens (tertiary/aromatic N) is 3. The third-order valence-electron chi connectivity index (χ3n) is 11.1. The summed E-state index contributed by atoms with van der Waals surface area (Å²) in [4.78, 5) is 12.9. The van der Waals surface area contributed by atoms with Gasteiger partial charge in [0, 0.05) is 44.3 Å². The van der Waals surface area contributed by atoms with E-state index in [4.69, 9.17) is 14.4 Å². The predicted octanol–water partition coefficient (Wildman–Crippen LogP) is 14.8. The van der Waals surface area contributed by atoms with Crippen molar-refractivity contribution in [3.63, 3.8) is 0 Å². The van der Waals surface area contributed by atoms with Crippen LogP contribution in [0, 0.1) is 0 Å². The zero-order valence-electron chi connectivity index (χ0n) is 31.5. The number of para-hydroxylation sites is 2. The molecule has 0 saturated heterocycles. The first-order valence-electron chi connectivity index (χ1n) is 19.6. The molecular formula is C54H35N3O. The van der Waals surface area contributed by atoms with Crippen molar-refractivity contribution in [3.05, 3.63) is 212 Å². The Morgan fingerprint density at radius 2 is 0.845 bits per heavy atom. The van der Waals surface area contributed by atoms with E-state index in [-0.39, 0.29) is 0 Å². The van der Waals surface area contributed by atoms with E-state index >= 15 is 0 Å². The fourth-order valence-electron chi connectivity index (χ4n) is 8.15. The molecule has 0 unspecified atom stereocenters. The molecule has 0 bridgehead atoms. The topological polar surface area (TPSA) is 42.2 Å². The first-order chi connectivity index (χ1) is 28.7. The highest BCUT2D eigenvalue weighted by molar-refractivity contribution is 6.08. The highest BCUT2D eigenvalue weighted by Crippen LogP contribution is 2.40. The predicted molar refractivity (Wildman–Crippen MR) is 241 cm³/mol. The second-order valence-corrected chi connectivity index (χ2v) is 14.6. The van der Waals surface area contributed by atoms with Crippen LogP contribution >= 0.6 is 0 Å². The third kappa shape index (κ3) is 5.96. The van der Waals surface area contributed by atoms with E-state index in [1.54, 1.807) is 0 Å². The molecule has 4 nitrogen and oxygen atoms in total. The molecule has 2 aromatic heterocycles. The number of rotatable bonds is 7. The summed E-state index contributed by atoms with van der Waals surface area (Å²) in [7, 11) is 0. The van der Waals surface area contributed by atoms with Gasteiger partial charge < -0.3 is 9.32 Å². The first-order valence-corrected chi connectivity index (χ1v) is 19.6. The van der Waals surface area contributed by atoms with Gasteiger partial charge in [0.1, 0.15) is 11.2 Å². The van der Waals surface area contributed by atoms with Gasteiger partial charge >= 0.3 is 0 Å². The number of aromatic nitrogens is 2. The molecule has 0 spiro atoms. The zero-order valence-corrected chi connectivity index (χ0v) is 31.5. The molecule has 0 amide bonds. The molecule has 0 aliphatic heterocycles. The quantitative estimate of drug-likeness (QED) is 0.153. The SMILES string of the molecule is c1ccc(-c2nc3ccc4ccc(-c5ccc(-c6ccc(N(c7ccccc7)c7ccc8oc9ccccc9c8c7)cc6)cc5)cc4c3nc2-c2ccccc2)cc1. The van der Waals surface area contributed by atoms with Crippen molar-refractivity contribution in [1.82, 2.24) is 9.97 Å². The molecule has 58 heavy (non-hydrogen) atoms. The highest BCUT2D eigenvalue weighted by Gasteiger charge is 2.17. The van der Waals surface area contributed by atoms with Gasteiger partial charge in [0.25, 0.3) is 0 Å². The molecule has 9 aromatic carbocycles. The summed E-state index contributed by atoms with van der Waals surface area (Å²) in [5.74, 6) is 0. The van der Waals surface area contributed by atoms with Crippen LogP contribution < -0.4 is 4.90 Å². The lowest BCUT2D eigenvalue weighted by Gasteiger charge is -2.25. The van der Waals surface area contributed by atoms with Gasteiger partial charge in [-0.05, 0) is 88.3 Å². The van der Waals surface area contributed by atoms with Crippen LogP contribution in [0.4, 0.5) is 17.1 Å². The minimum Gasteiger partial charge on any atom is -0.456 e. The standard InChI is InChI=1S/C54H35N3O/c1-4-12-40(13-5-1)52-53(41-14-6-2-7-15-41)56-54-47-34-42(25-24-39(47)28-32-49(54)55-52)38-22-20-36(21-23-38)37-26-29-44(30-27-37)57(43-16-8-3-9-17-43)45-31-33-51-48(35-45)46-18-10-11-19-50(46)58-51/h1-35H. The lowest BCUT2D eigenvalue weighted by molar-refractivity contribution is 0.669. The Morgan fingerprint density at radius 3 is 1.55 bits per heavy atom. The summed E-state index contributed by atoms with van der Waals surface area (Å²) in [6, 6.07) is 74.4. The van der Waals surface area contributed by atoms with Crippen molar-refractivity contribution < 1.29 is 4.42 Å². The molecule has 0 radical (unpaired) electrons. The Kier molecular flexibility index (Phi) is 8.11. The Labute approximate surface area is 335 Å². The summed E-state index contributed by atoms with van der Waals surface area (Å²) in [6.45, 7) is 0. The number of hydrogen-bond donors (Lipinski definition) is 0. The lowest BCUT2D eigenvalue weighted by Crippen LogP contribution is -2.09. The normalized spacial score (nSPS) is 11.4. The average Bonchev–Trinajstić information content (AvgIpc) is 3.68. The number of benzene rings is 9. The Morgan fingerprint density at radius 1 is 0.328 bits per heavy atom. The van der Waals surface area contributed by atoms with Crippen molar-refractivity contribution in [2.75, 3.05) is 4.90 Å². The van der Waals surface area contributed by atoms with Crippen LogP contribution in [-0.4, -0.2) is 9.97 Å². The zero-order chi connectivity index (χ0) is 38.4. The van der Waals surface area contributed by atoms with E-state index in [1.165, 1.54) is 0 Å². The van der Waals surface area contributed by atoms with E-state index in [0.717, 1.165) is 106 Å². The van der Waals surface area contributed by atoms with Crippen LogP contribution in [-0.2, 0) is 0 Å². The van der Waals surface area contributed by atoms with E-state index in [0.29, 0.717) is 0 Å². The maximum Gasteiger partial charge on any atom is 0.135 e. The number of anilines is 3. The van der Waals surface area contributed by atoms with E-state index in [9.17, 15) is 0 Å². The first kappa shape index (κ1) is 33.5. The van der Waals surface area contributed by atoms with Gasteiger partial charge in [0.15, 0.2) is 0 Å². The number of furan rings is 1. The highest BCUT2D eigenvalue weighted by atomic mass is 16.3. The molecule has 2 heterocycles. The van der Waals surface area contributed by atoms with Crippen molar-refractivity contribution in [1.29, 1.82) is 0 Å². The number of hydrogen-bond acceptors (Lipinski definition) is 4. The van der Waals surface area contributed by atoms with Crippen molar-refractivity contribution in [3.8, 4) is 44.8 Å². The second kappa shape index (κ2) is 14.0. The summed E-state index contributed by atoms with van der Waals surface area (Å²) < 4.78 is 6.15. The molecule has 11 rings (SSSR count). The van der Waals surface area contributed by atoms with E-state index in [1.807, 2.05) is 36.4 Å². The van der Waals surface area contributed by atoms with Gasteiger partial charge in [-0.3, -0.25) is 0 Å². The summed E-state index contributed by atoms with van der Waals surface area (Å²) in [6.07, 6.45) is 0. The Hall–Kier alpha value is -7.82. The Balaban J connectivity index is 0.931. The average molecular weight is 742 g/mol. The van der Waals surface area contributed by atoms with E-state index in [2.05, 4.69) is 181 Å². The molecule has 0 aliphatic rings. The van der Waals surface area contributed by atoms with Gasteiger partial charge in [-0.15, -0.1) is 0 Å². The van der Waals surface area contributed by atoms with Gasteiger partial charge in [0.05, 0.1) is 22.4 Å². The van der Waals surface area contributed by atoms with Gasteiger partial charge in [0.2, 0.25) is 0 Å². The molecule has 0 saturated carbocycles. The van der Waals surface area contributed by atoms with Crippen LogP contribution in [0.15, 0.2) is 217 Å². The summed E-state index contributed by atoms with van der Waals surface area (Å²) in [5.41, 5.74) is 15.3. The van der Waals surface area contributed by atoms with Crippen LogP contribution in [0.25, 0.3) is 88.5 Å². The molecular weight excluding hydrogens is 707 g/mol. The summed E-state index contributed by atoms with van der Waals surface area (Å²) in [5, 5.41) is 4.44. The monoisotopic (exact) mass is 741 g/mol. The smallest absolute Gasteiger partial charge is 0.135 e. The van der Waals surface area contributed by atoms with Crippen molar-refractivity contribution in [2.45, 2.75) is 0 Å². The largest absolute Gasteiger partial charge is 0.456 e. The Bertz CT molecular complexity index is 3250. The fraction of sp³-hybridized carbons (Fsp3) is 0. The number of fused-ring (bicyclic) bond motifs is 6. The molecule has 11 aromatic rings. The second-order valence-electron chi connectivity index (χ2n) is 14.6. The van der Waals surface area contributed by atoms with Crippen LogP contribution in [0.5, 0.6) is 0 Å². The third-order valence-corrected chi connectivity index (χ3v) is 11.1. The lowest BCUT2D eigenvalue weighted by atomic mass is 9.97. The van der Waals surface area contributed by atoms with Crippen LogP contribution in [0.2, 0.25) is 0 Å². The van der Waals surface area contributed by atoms with Gasteiger partial charge in [-0.2, -0.15) is 0 Å². The van der Waals surface area contributed by atoms with Crippen molar-refractivity contribution in [2.24, 2.45) is 0 Å². The van der Waals surface area contributed by atoms with Crippen molar-refractivity contribution >= 4 is 60.8 Å². The fourth-order valence-corrected chi connectivity index (χ4v) is 8.15. The molecule has 0 N–H and O–H groups in total. The van der Waals surface area contributed by atoms with Gasteiger partial charge in [-0.1, -0.05) is 152 Å². The molecule has 0 atom stereocenters. The van der Waals surface area contributed by atoms with Crippen LogP contribution in [0.1, 0.15) is 0 Å². The maximum atomic E-state index is 6.15. The minimum atomic E-state index is 0.878. The molecule has 0 fully saturated rings. The van der Waals surface area contributed by atoms with Crippen LogP contribution in [0.3, 0.4) is 0 Å².